The maximum absolute atomic E-state index is 13.1. The Bertz CT molecular complexity index is 1000. The van der Waals surface area contributed by atoms with Crippen molar-refractivity contribution in [2.24, 2.45) is 0 Å². The molecule has 168 valence electrons. The number of hydrogen-bond donors (Lipinski definition) is 1. The second kappa shape index (κ2) is 9.87. The molecule has 7 heteroatoms. The van der Waals surface area contributed by atoms with E-state index in [1.807, 2.05) is 31.2 Å². The van der Waals surface area contributed by atoms with Crippen LogP contribution in [-0.2, 0) is 9.59 Å². The topological polar surface area (TPSA) is 83.2 Å². The molecule has 1 amide bonds. The third kappa shape index (κ3) is 4.62. The molecule has 1 fully saturated rings. The average molecular weight is 437 g/mol. The Labute approximate surface area is 187 Å². The molecule has 1 atom stereocenters. The van der Waals surface area contributed by atoms with Gasteiger partial charge in [0.25, 0.3) is 5.91 Å². The number of carbonyl (C=O) groups is 2. The number of ether oxygens (including phenoxy) is 1. The fourth-order valence-electron chi connectivity index (χ4n) is 4.28. The van der Waals surface area contributed by atoms with Crippen LogP contribution in [0.2, 0.25) is 0 Å². The smallest absolute Gasteiger partial charge is 0.290 e. The van der Waals surface area contributed by atoms with Crippen LogP contribution < -0.4 is 4.74 Å². The van der Waals surface area contributed by atoms with Gasteiger partial charge >= 0.3 is 0 Å². The van der Waals surface area contributed by atoms with Crippen molar-refractivity contribution in [3.63, 3.8) is 0 Å². The maximum Gasteiger partial charge on any atom is 0.290 e. The summed E-state index contributed by atoms with van der Waals surface area (Å²) in [4.78, 5) is 30.0. The summed E-state index contributed by atoms with van der Waals surface area (Å²) in [5, 5.41) is 10.7. The van der Waals surface area contributed by atoms with Gasteiger partial charge in [0.15, 0.2) is 11.5 Å². The molecular weight excluding hydrogens is 408 g/mol. The quantitative estimate of drug-likeness (QED) is 0.603. The largest absolute Gasteiger partial charge is 0.503 e. The number of aliphatic hydroxyl groups is 1. The summed E-state index contributed by atoms with van der Waals surface area (Å²) in [5.74, 6) is -0.193. The van der Waals surface area contributed by atoms with Gasteiger partial charge in [0, 0.05) is 13.1 Å². The van der Waals surface area contributed by atoms with Gasteiger partial charge in [0.1, 0.15) is 11.5 Å². The highest BCUT2D eigenvalue weighted by Gasteiger charge is 2.42. The van der Waals surface area contributed by atoms with Gasteiger partial charge in [0.05, 0.1) is 24.5 Å². The molecule has 2 aliphatic heterocycles. The summed E-state index contributed by atoms with van der Waals surface area (Å²) in [6, 6.07) is 10.1. The number of benzene rings is 1. The van der Waals surface area contributed by atoms with Crippen LogP contribution in [-0.4, -0.2) is 59.4 Å². The minimum absolute atomic E-state index is 0.0865. The number of aliphatic hydroxyl groups excluding tert-OH is 1. The summed E-state index contributed by atoms with van der Waals surface area (Å²) in [5.41, 5.74) is 0.838. The minimum Gasteiger partial charge on any atom is -0.503 e. The van der Waals surface area contributed by atoms with E-state index in [9.17, 15) is 14.7 Å². The molecule has 1 aromatic heterocycles. The van der Waals surface area contributed by atoms with Crippen LogP contribution in [0.3, 0.4) is 0 Å². The van der Waals surface area contributed by atoms with Gasteiger partial charge in [0.2, 0.25) is 0 Å². The molecule has 0 radical (unpaired) electrons. The van der Waals surface area contributed by atoms with Crippen molar-refractivity contribution < 1.29 is 23.8 Å². The van der Waals surface area contributed by atoms with Gasteiger partial charge in [-0.1, -0.05) is 12.1 Å². The number of furan rings is 1. The third-order valence-electron chi connectivity index (χ3n) is 5.87. The lowest BCUT2D eigenvalue weighted by molar-refractivity contribution is -0.129. The average Bonchev–Trinajstić information content (AvgIpc) is 3.55. The van der Waals surface area contributed by atoms with Crippen LogP contribution in [0.15, 0.2) is 64.5 Å². The zero-order valence-corrected chi connectivity index (χ0v) is 18.2. The SMILES string of the molecule is CCOc1ccc(C2C(C(=O)/C=C/c3ccco3)=C(O)C(=O)N2CCN2CCCC2)cc1. The molecule has 2 aromatic rings. The first-order valence-electron chi connectivity index (χ1n) is 11.0. The van der Waals surface area contributed by atoms with E-state index in [1.54, 1.807) is 17.0 Å². The Morgan fingerprint density at radius 1 is 1.19 bits per heavy atom. The molecule has 1 unspecified atom stereocenters. The molecule has 0 saturated carbocycles. The van der Waals surface area contributed by atoms with Crippen LogP contribution in [0.1, 0.15) is 37.1 Å². The normalized spacial score (nSPS) is 19.5. The Balaban J connectivity index is 1.63. The van der Waals surface area contributed by atoms with Crippen LogP contribution >= 0.6 is 0 Å². The first-order valence-corrected chi connectivity index (χ1v) is 11.0. The minimum atomic E-state index is -0.658. The summed E-state index contributed by atoms with van der Waals surface area (Å²) < 4.78 is 10.8. The van der Waals surface area contributed by atoms with E-state index in [1.165, 1.54) is 18.4 Å². The third-order valence-corrected chi connectivity index (χ3v) is 5.87. The number of likely N-dealkylation sites (tertiary alicyclic amines) is 1. The molecule has 1 aromatic carbocycles. The number of amides is 1. The predicted octanol–water partition coefficient (Wildman–Crippen LogP) is 3.75. The van der Waals surface area contributed by atoms with Crippen molar-refractivity contribution in [1.82, 2.24) is 9.80 Å². The monoisotopic (exact) mass is 436 g/mol. The van der Waals surface area contributed by atoms with Crippen molar-refractivity contribution in [3.8, 4) is 5.75 Å². The molecule has 1 N–H and O–H groups in total. The van der Waals surface area contributed by atoms with E-state index >= 15 is 0 Å². The molecule has 4 rings (SSSR count). The first kappa shape index (κ1) is 21.9. The lowest BCUT2D eigenvalue weighted by Crippen LogP contribution is -2.37. The Morgan fingerprint density at radius 2 is 1.94 bits per heavy atom. The molecule has 0 spiro atoms. The van der Waals surface area contributed by atoms with Gasteiger partial charge in [-0.2, -0.15) is 0 Å². The van der Waals surface area contributed by atoms with Crippen LogP contribution in [0, 0.1) is 0 Å². The fraction of sp³-hybridized carbons (Fsp3) is 0.360. The molecule has 0 bridgehead atoms. The highest BCUT2D eigenvalue weighted by molar-refractivity contribution is 6.14. The Morgan fingerprint density at radius 3 is 2.59 bits per heavy atom. The molecule has 3 heterocycles. The highest BCUT2D eigenvalue weighted by atomic mass is 16.5. The van der Waals surface area contributed by atoms with E-state index in [2.05, 4.69) is 4.90 Å². The van der Waals surface area contributed by atoms with Crippen LogP contribution in [0.25, 0.3) is 6.08 Å². The zero-order valence-electron chi connectivity index (χ0n) is 18.2. The van der Waals surface area contributed by atoms with Crippen LogP contribution in [0.5, 0.6) is 5.75 Å². The molecule has 2 aliphatic rings. The number of nitrogens with zero attached hydrogens (tertiary/aromatic N) is 2. The lowest BCUT2D eigenvalue weighted by atomic mass is 9.95. The zero-order chi connectivity index (χ0) is 22.5. The Hall–Kier alpha value is -3.32. The predicted molar refractivity (Wildman–Crippen MR) is 120 cm³/mol. The summed E-state index contributed by atoms with van der Waals surface area (Å²) in [6.07, 6.45) is 6.70. The lowest BCUT2D eigenvalue weighted by Gasteiger charge is -2.28. The van der Waals surface area contributed by atoms with Gasteiger partial charge in [-0.3, -0.25) is 9.59 Å². The van der Waals surface area contributed by atoms with Gasteiger partial charge in [-0.15, -0.1) is 0 Å². The summed E-state index contributed by atoms with van der Waals surface area (Å²) in [6.45, 7) is 5.60. The van der Waals surface area contributed by atoms with Crippen molar-refractivity contribution in [2.75, 3.05) is 32.8 Å². The van der Waals surface area contributed by atoms with E-state index in [4.69, 9.17) is 9.15 Å². The molecule has 0 aliphatic carbocycles. The molecule has 7 nitrogen and oxygen atoms in total. The number of rotatable bonds is 9. The number of hydrogen-bond acceptors (Lipinski definition) is 6. The summed E-state index contributed by atoms with van der Waals surface area (Å²) >= 11 is 0. The van der Waals surface area contributed by atoms with Gasteiger partial charge < -0.3 is 24.1 Å². The highest BCUT2D eigenvalue weighted by Crippen LogP contribution is 2.38. The van der Waals surface area contributed by atoms with Crippen molar-refractivity contribution in [3.05, 3.63) is 71.4 Å². The van der Waals surface area contributed by atoms with Crippen molar-refractivity contribution in [1.29, 1.82) is 0 Å². The number of allylic oxidation sites excluding steroid dienone is 1. The van der Waals surface area contributed by atoms with Crippen molar-refractivity contribution in [2.45, 2.75) is 25.8 Å². The van der Waals surface area contributed by atoms with E-state index < -0.39 is 23.5 Å². The fourth-order valence-corrected chi connectivity index (χ4v) is 4.28. The van der Waals surface area contributed by atoms with Crippen molar-refractivity contribution >= 4 is 17.8 Å². The van der Waals surface area contributed by atoms with E-state index in [0.717, 1.165) is 31.5 Å². The van der Waals surface area contributed by atoms with Gasteiger partial charge in [-0.05, 0) is 74.8 Å². The molecule has 32 heavy (non-hydrogen) atoms. The molecule has 1 saturated heterocycles. The maximum atomic E-state index is 13.1. The Kier molecular flexibility index (Phi) is 6.75. The first-order chi connectivity index (χ1) is 15.6. The summed E-state index contributed by atoms with van der Waals surface area (Å²) in [7, 11) is 0. The van der Waals surface area contributed by atoms with E-state index in [-0.39, 0.29) is 5.57 Å². The number of ketones is 1. The number of carbonyl (C=O) groups excluding carboxylic acids is 2. The van der Waals surface area contributed by atoms with E-state index in [0.29, 0.717) is 31.2 Å². The second-order valence-corrected chi connectivity index (χ2v) is 7.93. The standard InChI is InChI=1S/C25H28N2O5/c1-2-31-20-9-7-18(8-10-20)23-22(21(28)12-11-19-6-5-17-32-19)24(29)25(30)27(23)16-15-26-13-3-4-14-26/h5-12,17,23,29H,2-4,13-16H2,1H3/b12-11+. The van der Waals surface area contributed by atoms with Crippen LogP contribution in [0.4, 0.5) is 0 Å². The second-order valence-electron chi connectivity index (χ2n) is 7.93. The molecular formula is C25H28N2O5. The van der Waals surface area contributed by atoms with Gasteiger partial charge in [-0.25, -0.2) is 0 Å².